The molecule has 4 heterocycles. The maximum atomic E-state index is 13.2. The van der Waals surface area contributed by atoms with Crippen LogP contribution >= 0.6 is 0 Å². The van der Waals surface area contributed by atoms with Crippen molar-refractivity contribution in [3.63, 3.8) is 0 Å². The summed E-state index contributed by atoms with van der Waals surface area (Å²) >= 11 is 0. The van der Waals surface area contributed by atoms with E-state index in [-0.39, 0.29) is 65.1 Å². The van der Waals surface area contributed by atoms with Gasteiger partial charge in [0.25, 0.3) is 0 Å². The second-order valence-electron chi connectivity index (χ2n) is 27.9. The molecule has 0 radical (unpaired) electrons. The molecule has 14 N–H and O–H groups in total. The first-order valence-electron chi connectivity index (χ1n) is 37.8. The van der Waals surface area contributed by atoms with Gasteiger partial charge in [-0.1, -0.05) is 220 Å². The van der Waals surface area contributed by atoms with E-state index in [0.29, 0.717) is 6.61 Å². The smallest absolute Gasteiger partial charge is 0.323 e. The molecule has 4 fully saturated rings. The molecule has 4 aliphatic rings. The lowest BCUT2D eigenvalue weighted by Gasteiger charge is -2.44. The standard InChI is InChI=1S/C48H93NO8.C24H44O15/c1-4-6-8-10-12-14-16-18-20-22-24-26-28-30-32-34-38-55-44(51)37-36-42(49-47-46(53)45(52)41(3)43(40-50)57-47)48(54)56-39-35-33-31-29-27-25-23-21-19-17-15-13-11-9-7-5-2;1-10-13(2-25)37-17(23(33)19(10)29)8-35-7-12-15(4-27)39-18(24(34)21(12)31)9-36-6-11-14(3-26)38-16(5-28)22(32)20(11)30/h41-43,45-47,49-50,52-53H,4-40H2,1-3H3;10-34H,2-9H2,1H3/t41-,42?,43?,45-,46?,47-;10-,11-,12-,13?,14?,15?,16-,17-,18-,19-,20-,21-,22?,23?,24?/m11/s1. The van der Waals surface area contributed by atoms with E-state index in [1.165, 1.54) is 167 Å². The van der Waals surface area contributed by atoms with Crippen LogP contribution in [0.1, 0.15) is 246 Å². The number of esters is 2. The third-order valence-corrected chi connectivity index (χ3v) is 20.2. The molecule has 0 saturated carbocycles. The van der Waals surface area contributed by atoms with Crippen molar-refractivity contribution < 1.29 is 114 Å². The molecule has 9 unspecified atom stereocenters. The molecule has 0 aromatic carbocycles. The molecular formula is C72H137NO23. The number of aliphatic hydroxyl groups excluding tert-OH is 13. The number of aliphatic hydroxyl groups is 13. The molecule has 4 aliphatic heterocycles. The van der Waals surface area contributed by atoms with E-state index in [0.717, 1.165) is 38.5 Å². The average molecular weight is 1380 g/mol. The van der Waals surface area contributed by atoms with Gasteiger partial charge in [-0.2, -0.15) is 0 Å². The predicted molar refractivity (Wildman–Crippen MR) is 362 cm³/mol. The first kappa shape index (κ1) is 88.4. The second kappa shape index (κ2) is 53.9. The Labute approximate surface area is 575 Å². The Morgan fingerprint density at radius 3 is 1.05 bits per heavy atom. The molecule has 568 valence electrons. The lowest BCUT2D eigenvalue weighted by Crippen LogP contribution is -2.62. The third kappa shape index (κ3) is 33.5. The van der Waals surface area contributed by atoms with Crippen LogP contribution in [0.2, 0.25) is 0 Å². The number of unbranched alkanes of at least 4 members (excludes halogenated alkanes) is 30. The zero-order valence-corrected chi connectivity index (χ0v) is 59.3. The largest absolute Gasteiger partial charge is 0.466 e. The quantitative estimate of drug-likeness (QED) is 0.0255. The molecule has 24 heteroatoms. The average Bonchev–Trinajstić information content (AvgIpc) is 1.54. The zero-order valence-electron chi connectivity index (χ0n) is 59.3. The summed E-state index contributed by atoms with van der Waals surface area (Å²) in [6, 6.07) is -0.936. The summed E-state index contributed by atoms with van der Waals surface area (Å²) in [7, 11) is 0. The molecule has 21 atom stereocenters. The first-order chi connectivity index (χ1) is 46.4. The van der Waals surface area contributed by atoms with Crippen LogP contribution in [0.25, 0.3) is 0 Å². The molecule has 0 aliphatic carbocycles. The highest BCUT2D eigenvalue weighted by atomic mass is 16.6. The van der Waals surface area contributed by atoms with Crippen LogP contribution in [0, 0.1) is 23.7 Å². The number of ether oxygens (including phenoxy) is 8. The molecule has 4 rings (SSSR count). The van der Waals surface area contributed by atoms with E-state index in [2.05, 4.69) is 19.2 Å². The van der Waals surface area contributed by atoms with Crippen molar-refractivity contribution >= 4 is 11.9 Å². The monoisotopic (exact) mass is 1380 g/mol. The number of rotatable bonds is 53. The normalized spacial score (nSPS) is 31.2. The Balaban J connectivity index is 0.000000534. The lowest BCUT2D eigenvalue weighted by atomic mass is 9.86. The first-order valence-corrected chi connectivity index (χ1v) is 37.8. The SMILES string of the molecule is CCCCCCCCCCCCCCCCCCOC(=O)CCC(N[C@@H]1OC(CO)[C@@H](C)[C@@H](O)C1O)C(=O)OCCCCCCCCCCCCCCCCCC.C[C@@H]1C(CO)O[C@H](COC[C@@H]2C(CO)O[C@H](COC[C@@H]3C(CO)O[C@H](CO)C(O)[C@@H]3O)C(O)[C@@H]2O)C(O)[C@@H]1O. The highest BCUT2D eigenvalue weighted by Crippen LogP contribution is 2.32. The van der Waals surface area contributed by atoms with E-state index < -0.39 is 153 Å². The minimum atomic E-state index is -1.44. The number of hydrogen-bond donors (Lipinski definition) is 14. The van der Waals surface area contributed by atoms with Crippen LogP contribution in [-0.4, -0.2) is 255 Å². The van der Waals surface area contributed by atoms with Crippen molar-refractivity contribution in [1.29, 1.82) is 0 Å². The molecule has 0 aromatic rings. The van der Waals surface area contributed by atoms with Gasteiger partial charge in [-0.15, -0.1) is 0 Å². The van der Waals surface area contributed by atoms with Crippen molar-refractivity contribution in [3.8, 4) is 0 Å². The van der Waals surface area contributed by atoms with Crippen LogP contribution in [0.15, 0.2) is 0 Å². The van der Waals surface area contributed by atoms with E-state index in [4.69, 9.17) is 37.9 Å². The summed E-state index contributed by atoms with van der Waals surface area (Å²) < 4.78 is 44.9. The number of carbonyl (C=O) groups is 2. The summed E-state index contributed by atoms with van der Waals surface area (Å²) in [6.45, 7) is 5.44. The van der Waals surface area contributed by atoms with Crippen LogP contribution in [0.3, 0.4) is 0 Å². The lowest BCUT2D eigenvalue weighted by molar-refractivity contribution is -0.246. The summed E-state index contributed by atoms with van der Waals surface area (Å²) in [5, 5.41) is 135. The van der Waals surface area contributed by atoms with Gasteiger partial charge < -0.3 is 104 Å². The molecule has 0 bridgehead atoms. The van der Waals surface area contributed by atoms with Gasteiger partial charge in [-0.05, 0) is 19.3 Å². The van der Waals surface area contributed by atoms with Crippen LogP contribution in [-0.2, 0) is 47.5 Å². The Hall–Kier alpha value is -1.86. The molecule has 4 saturated heterocycles. The minimum absolute atomic E-state index is 0.00979. The number of hydrogen-bond acceptors (Lipinski definition) is 24. The predicted octanol–water partition coefficient (Wildman–Crippen LogP) is 5.73. The van der Waals surface area contributed by atoms with Gasteiger partial charge in [0.05, 0.1) is 122 Å². The van der Waals surface area contributed by atoms with Crippen molar-refractivity contribution in [3.05, 3.63) is 0 Å². The Kier molecular flexibility index (Phi) is 49.6. The molecule has 0 amide bonds. The van der Waals surface area contributed by atoms with Gasteiger partial charge in [0, 0.05) is 30.1 Å². The van der Waals surface area contributed by atoms with Gasteiger partial charge in [0.2, 0.25) is 0 Å². The van der Waals surface area contributed by atoms with Crippen LogP contribution < -0.4 is 5.32 Å². The van der Waals surface area contributed by atoms with E-state index in [1.807, 2.05) is 0 Å². The van der Waals surface area contributed by atoms with Gasteiger partial charge >= 0.3 is 11.9 Å². The van der Waals surface area contributed by atoms with Crippen LogP contribution in [0.5, 0.6) is 0 Å². The van der Waals surface area contributed by atoms with Gasteiger partial charge in [0.1, 0.15) is 55.0 Å². The summed E-state index contributed by atoms with van der Waals surface area (Å²) in [5.74, 6) is -3.59. The zero-order chi connectivity index (χ0) is 70.5. The maximum absolute atomic E-state index is 13.2. The van der Waals surface area contributed by atoms with Crippen molar-refractivity contribution in [1.82, 2.24) is 5.32 Å². The fraction of sp³-hybridized carbons (Fsp3) is 0.972. The molecule has 24 nitrogen and oxygen atoms in total. The van der Waals surface area contributed by atoms with Crippen molar-refractivity contribution in [2.45, 2.75) is 350 Å². The van der Waals surface area contributed by atoms with Gasteiger partial charge in [-0.3, -0.25) is 14.9 Å². The van der Waals surface area contributed by atoms with E-state index in [1.54, 1.807) is 13.8 Å². The summed E-state index contributed by atoms with van der Waals surface area (Å²) in [5.41, 5.74) is 0. The van der Waals surface area contributed by atoms with Crippen LogP contribution in [0.4, 0.5) is 0 Å². The molecule has 0 aromatic heterocycles. The molecule has 0 spiro atoms. The summed E-state index contributed by atoms with van der Waals surface area (Å²) in [4.78, 5) is 25.9. The van der Waals surface area contributed by atoms with Crippen molar-refractivity contribution in [2.24, 2.45) is 23.7 Å². The molecular weight excluding hydrogens is 1250 g/mol. The minimum Gasteiger partial charge on any atom is -0.466 e. The highest BCUT2D eigenvalue weighted by Gasteiger charge is 2.48. The Bertz CT molecular complexity index is 1880. The topological polar surface area (TPSA) is 383 Å². The van der Waals surface area contributed by atoms with Gasteiger partial charge in [-0.25, -0.2) is 0 Å². The fourth-order valence-corrected chi connectivity index (χ4v) is 13.4. The van der Waals surface area contributed by atoms with E-state index >= 15 is 0 Å². The van der Waals surface area contributed by atoms with Gasteiger partial charge in [0.15, 0.2) is 0 Å². The van der Waals surface area contributed by atoms with Crippen molar-refractivity contribution in [2.75, 3.05) is 72.7 Å². The summed E-state index contributed by atoms with van der Waals surface area (Å²) in [6.07, 6.45) is 23.1. The number of carbonyl (C=O) groups excluding carboxylic acids is 2. The third-order valence-electron chi connectivity index (χ3n) is 20.2. The highest BCUT2D eigenvalue weighted by molar-refractivity contribution is 5.77. The maximum Gasteiger partial charge on any atom is 0.323 e. The fourth-order valence-electron chi connectivity index (χ4n) is 13.4. The number of nitrogens with one attached hydrogen (secondary N) is 1. The molecule has 96 heavy (non-hydrogen) atoms. The Morgan fingerprint density at radius 1 is 0.354 bits per heavy atom. The van der Waals surface area contributed by atoms with E-state index in [9.17, 15) is 76.0 Å². The Morgan fingerprint density at radius 2 is 0.667 bits per heavy atom. The second-order valence-corrected chi connectivity index (χ2v) is 27.9.